The van der Waals surface area contributed by atoms with E-state index in [1.165, 1.54) is 0 Å². The number of hydrogen-bond acceptors (Lipinski definition) is 3. The molecule has 2 N–H and O–H groups in total. The average Bonchev–Trinajstić information content (AvgIpc) is 2.23. The topological polar surface area (TPSA) is 49.6 Å². The Labute approximate surface area is 116 Å². The van der Waals surface area contributed by atoms with E-state index in [0.717, 1.165) is 13.1 Å². The van der Waals surface area contributed by atoms with Crippen molar-refractivity contribution in [1.82, 2.24) is 9.80 Å². The minimum absolute atomic E-state index is 0.147. The van der Waals surface area contributed by atoms with E-state index in [9.17, 15) is 4.79 Å². The summed E-state index contributed by atoms with van der Waals surface area (Å²) in [6, 6.07) is 0.231. The van der Waals surface area contributed by atoms with Crippen molar-refractivity contribution in [3.05, 3.63) is 0 Å². The summed E-state index contributed by atoms with van der Waals surface area (Å²) in [6.07, 6.45) is 0.667. The van der Waals surface area contributed by atoms with E-state index >= 15 is 0 Å². The van der Waals surface area contributed by atoms with Gasteiger partial charge < -0.3 is 10.6 Å². The fourth-order valence-electron chi connectivity index (χ4n) is 1.61. The number of hydrogen-bond donors (Lipinski definition) is 1. The maximum absolute atomic E-state index is 12.0. The Morgan fingerprint density at radius 2 is 1.83 bits per heavy atom. The molecule has 0 aliphatic heterocycles. The molecule has 0 aromatic heterocycles. The van der Waals surface area contributed by atoms with Crippen LogP contribution in [0.3, 0.4) is 0 Å². The van der Waals surface area contributed by atoms with Crippen LogP contribution in [0.1, 0.15) is 34.1 Å². The second-order valence-electron chi connectivity index (χ2n) is 5.44. The predicted molar refractivity (Wildman–Crippen MR) is 80.6 cm³/mol. The summed E-state index contributed by atoms with van der Waals surface area (Å²) in [6.45, 7) is 10.4. The molecule has 0 aromatic carbocycles. The number of likely N-dealkylation sites (N-methyl/N-ethyl adjacent to an activating group) is 1. The molecule has 18 heavy (non-hydrogen) atoms. The Bertz CT molecular complexity index is 279. The highest BCUT2D eigenvalue weighted by molar-refractivity contribution is 7.80. The van der Waals surface area contributed by atoms with Crippen molar-refractivity contribution >= 4 is 23.1 Å². The van der Waals surface area contributed by atoms with Gasteiger partial charge >= 0.3 is 0 Å². The van der Waals surface area contributed by atoms with Gasteiger partial charge in [0.15, 0.2) is 0 Å². The molecule has 0 heterocycles. The van der Waals surface area contributed by atoms with E-state index < -0.39 is 0 Å². The summed E-state index contributed by atoms with van der Waals surface area (Å²) in [5.74, 6) is 0.669. The molecule has 5 heteroatoms. The monoisotopic (exact) mass is 273 g/mol. The largest absolute Gasteiger partial charge is 0.393 e. The van der Waals surface area contributed by atoms with Gasteiger partial charge in [0.25, 0.3) is 0 Å². The number of carbonyl (C=O) groups is 1. The highest BCUT2D eigenvalue weighted by atomic mass is 32.1. The molecule has 0 unspecified atom stereocenters. The Kier molecular flexibility index (Phi) is 8.11. The Morgan fingerprint density at radius 1 is 1.28 bits per heavy atom. The van der Waals surface area contributed by atoms with E-state index in [-0.39, 0.29) is 11.9 Å². The predicted octanol–water partition coefficient (Wildman–Crippen LogP) is 1.49. The normalized spacial score (nSPS) is 11.3. The quantitative estimate of drug-likeness (QED) is 0.681. The maximum Gasteiger partial charge on any atom is 0.236 e. The molecule has 1 amide bonds. The third-order valence-corrected chi connectivity index (χ3v) is 3.03. The van der Waals surface area contributed by atoms with Crippen LogP contribution in [0, 0.1) is 5.92 Å². The highest BCUT2D eigenvalue weighted by Crippen LogP contribution is 2.03. The fraction of sp³-hybridized carbons (Fsp3) is 0.846. The van der Waals surface area contributed by atoms with Crippen LogP contribution in [0.2, 0.25) is 0 Å². The summed E-state index contributed by atoms with van der Waals surface area (Å²) in [7, 11) is 1.84. The van der Waals surface area contributed by atoms with E-state index in [2.05, 4.69) is 18.7 Å². The first-order valence-electron chi connectivity index (χ1n) is 6.50. The molecule has 0 rings (SSSR count). The van der Waals surface area contributed by atoms with Gasteiger partial charge in [0.05, 0.1) is 11.5 Å². The van der Waals surface area contributed by atoms with Crippen LogP contribution in [0.25, 0.3) is 0 Å². The Balaban J connectivity index is 4.38. The molecule has 0 aromatic rings. The van der Waals surface area contributed by atoms with Gasteiger partial charge in [0.1, 0.15) is 0 Å². The Hall–Kier alpha value is -0.680. The van der Waals surface area contributed by atoms with Crippen molar-refractivity contribution < 1.29 is 4.79 Å². The molecular formula is C13H27N3OS. The molecule has 0 spiro atoms. The van der Waals surface area contributed by atoms with Gasteiger partial charge in [-0.2, -0.15) is 0 Å². The number of nitrogens with zero attached hydrogens (tertiary/aromatic N) is 2. The molecule has 0 saturated carbocycles. The summed E-state index contributed by atoms with van der Waals surface area (Å²) in [5.41, 5.74) is 5.52. The number of nitrogens with two attached hydrogens (primary N) is 1. The van der Waals surface area contributed by atoms with Gasteiger partial charge in [0, 0.05) is 32.6 Å². The third kappa shape index (κ3) is 7.61. The standard InChI is InChI=1S/C13H27N3OS/c1-10(2)8-16(7-6-12(14)18)9-13(17)15(5)11(3)4/h10-11H,6-9H2,1-5H3,(H2,14,18). The second kappa shape index (κ2) is 8.43. The van der Waals surface area contributed by atoms with Crippen LogP contribution in [0.4, 0.5) is 0 Å². The molecular weight excluding hydrogens is 246 g/mol. The second-order valence-corrected chi connectivity index (χ2v) is 5.97. The first-order valence-corrected chi connectivity index (χ1v) is 6.91. The van der Waals surface area contributed by atoms with Crippen molar-refractivity contribution in [2.45, 2.75) is 40.2 Å². The molecule has 106 valence electrons. The number of thiocarbonyl (C=S) groups is 1. The van der Waals surface area contributed by atoms with E-state index in [1.807, 2.05) is 20.9 Å². The molecule has 0 bridgehead atoms. The lowest BCUT2D eigenvalue weighted by Crippen LogP contribution is -2.43. The van der Waals surface area contributed by atoms with Crippen LogP contribution in [0.5, 0.6) is 0 Å². The molecule has 0 saturated heterocycles. The minimum atomic E-state index is 0.147. The van der Waals surface area contributed by atoms with Crippen molar-refractivity contribution in [2.75, 3.05) is 26.7 Å². The SMILES string of the molecule is CC(C)CN(CCC(N)=S)CC(=O)N(C)C(C)C. The number of rotatable bonds is 8. The molecule has 0 fully saturated rings. The third-order valence-electron chi connectivity index (χ3n) is 2.82. The number of carbonyl (C=O) groups excluding carboxylic acids is 1. The minimum Gasteiger partial charge on any atom is -0.393 e. The van der Waals surface area contributed by atoms with Crippen LogP contribution in [0.15, 0.2) is 0 Å². The lowest BCUT2D eigenvalue weighted by molar-refractivity contribution is -0.132. The van der Waals surface area contributed by atoms with Gasteiger partial charge in [-0.05, 0) is 19.8 Å². The first kappa shape index (κ1) is 17.3. The lowest BCUT2D eigenvalue weighted by Gasteiger charge is -2.28. The van der Waals surface area contributed by atoms with E-state index in [4.69, 9.17) is 18.0 Å². The van der Waals surface area contributed by atoms with Gasteiger partial charge in [-0.15, -0.1) is 0 Å². The summed E-state index contributed by atoms with van der Waals surface area (Å²) in [4.78, 5) is 16.5. The van der Waals surface area contributed by atoms with Crippen LogP contribution >= 0.6 is 12.2 Å². The van der Waals surface area contributed by atoms with Crippen molar-refractivity contribution in [3.8, 4) is 0 Å². The van der Waals surface area contributed by atoms with Gasteiger partial charge in [-0.3, -0.25) is 9.69 Å². The highest BCUT2D eigenvalue weighted by Gasteiger charge is 2.17. The average molecular weight is 273 g/mol. The van der Waals surface area contributed by atoms with Crippen molar-refractivity contribution in [3.63, 3.8) is 0 Å². The van der Waals surface area contributed by atoms with Crippen LogP contribution < -0.4 is 5.73 Å². The first-order chi connectivity index (χ1) is 8.23. The van der Waals surface area contributed by atoms with Gasteiger partial charge in [0.2, 0.25) is 5.91 Å². The van der Waals surface area contributed by atoms with E-state index in [1.54, 1.807) is 4.90 Å². The van der Waals surface area contributed by atoms with Crippen molar-refractivity contribution in [2.24, 2.45) is 11.7 Å². The van der Waals surface area contributed by atoms with Crippen molar-refractivity contribution in [1.29, 1.82) is 0 Å². The zero-order valence-corrected chi connectivity index (χ0v) is 13.1. The zero-order valence-electron chi connectivity index (χ0n) is 12.3. The van der Waals surface area contributed by atoms with Gasteiger partial charge in [-0.1, -0.05) is 26.1 Å². The van der Waals surface area contributed by atoms with Gasteiger partial charge in [-0.25, -0.2) is 0 Å². The molecule has 4 nitrogen and oxygen atoms in total. The summed E-state index contributed by atoms with van der Waals surface area (Å²) >= 11 is 4.89. The summed E-state index contributed by atoms with van der Waals surface area (Å²) < 4.78 is 0. The maximum atomic E-state index is 12.0. The smallest absolute Gasteiger partial charge is 0.236 e. The fourth-order valence-corrected chi connectivity index (χ4v) is 1.70. The summed E-state index contributed by atoms with van der Waals surface area (Å²) in [5, 5.41) is 0. The van der Waals surface area contributed by atoms with E-state index in [0.29, 0.717) is 23.9 Å². The number of amides is 1. The molecule has 0 aliphatic carbocycles. The van der Waals surface area contributed by atoms with Crippen LogP contribution in [-0.4, -0.2) is 53.4 Å². The Morgan fingerprint density at radius 3 is 2.22 bits per heavy atom. The molecule has 0 radical (unpaired) electrons. The lowest BCUT2D eigenvalue weighted by atomic mass is 10.2. The van der Waals surface area contributed by atoms with Crippen LogP contribution in [-0.2, 0) is 4.79 Å². The zero-order chi connectivity index (χ0) is 14.3. The molecule has 0 aliphatic rings. The molecule has 0 atom stereocenters.